The fourth-order valence-corrected chi connectivity index (χ4v) is 1.66. The summed E-state index contributed by atoms with van der Waals surface area (Å²) in [4.78, 5) is 11.7. The summed E-state index contributed by atoms with van der Waals surface area (Å²) in [6.45, 7) is 3.65. The Morgan fingerprint density at radius 1 is 1.53 bits per heavy atom. The molecule has 0 radical (unpaired) electrons. The molecule has 1 amide bonds. The normalized spacial score (nSPS) is 12.4. The van der Waals surface area contributed by atoms with Gasteiger partial charge < -0.3 is 4.74 Å². The molecule has 1 atom stereocenters. The first-order chi connectivity index (χ1) is 9.04. The lowest BCUT2D eigenvalue weighted by atomic mass is 10.3. The molecule has 1 aromatic rings. The van der Waals surface area contributed by atoms with Crippen LogP contribution in [0.4, 0.5) is 0 Å². The number of hydrogen-bond donors (Lipinski definition) is 1. The molecule has 0 aromatic heterocycles. The minimum absolute atomic E-state index is 0.335. The van der Waals surface area contributed by atoms with Gasteiger partial charge in [-0.05, 0) is 31.5 Å². The number of nitrogens with zero attached hydrogens (tertiary/aromatic N) is 1. The lowest BCUT2D eigenvalue weighted by Gasteiger charge is -2.14. The van der Waals surface area contributed by atoms with Gasteiger partial charge in [-0.25, -0.2) is 5.43 Å². The van der Waals surface area contributed by atoms with Crippen molar-refractivity contribution in [1.29, 1.82) is 0 Å². The minimum atomic E-state index is -0.697. The average molecular weight is 303 g/mol. The van der Waals surface area contributed by atoms with Crippen LogP contribution in [0, 0.1) is 0 Å². The molecule has 104 valence electrons. The van der Waals surface area contributed by atoms with Crippen LogP contribution in [-0.2, 0) is 4.79 Å². The van der Waals surface area contributed by atoms with E-state index >= 15 is 0 Å². The topological polar surface area (TPSA) is 50.7 Å². The van der Waals surface area contributed by atoms with Crippen LogP contribution in [-0.4, -0.2) is 18.2 Å². The highest BCUT2D eigenvalue weighted by Crippen LogP contribution is 2.28. The summed E-state index contributed by atoms with van der Waals surface area (Å²) < 4.78 is 5.44. The molecule has 0 aliphatic carbocycles. The van der Waals surface area contributed by atoms with Crippen molar-refractivity contribution >= 4 is 35.3 Å². The number of hydrazone groups is 1. The molecule has 0 saturated heterocycles. The molecular weight excluding hydrogens is 287 g/mol. The molecule has 0 bridgehead atoms. The van der Waals surface area contributed by atoms with Crippen LogP contribution in [0.15, 0.2) is 23.3 Å². The summed E-state index contributed by atoms with van der Waals surface area (Å²) in [6, 6.07) is 4.82. The van der Waals surface area contributed by atoms with Gasteiger partial charge in [0.05, 0.1) is 5.02 Å². The molecular formula is C13H16Cl2N2O2. The van der Waals surface area contributed by atoms with Gasteiger partial charge in [0, 0.05) is 11.2 Å². The predicted octanol–water partition coefficient (Wildman–Crippen LogP) is 3.66. The van der Waals surface area contributed by atoms with E-state index in [4.69, 9.17) is 27.9 Å². The standard InChI is InChI=1S/C13H16Cl2N2O2/c1-3-4-7-16-17-13(18)9(2)19-12-6-5-10(14)8-11(12)15/h5-9H,3-4H2,1-2H3,(H,17,18)/b16-7+. The highest BCUT2D eigenvalue weighted by molar-refractivity contribution is 6.35. The number of benzene rings is 1. The third-order valence-electron chi connectivity index (χ3n) is 2.25. The van der Waals surface area contributed by atoms with Gasteiger partial charge in [0.15, 0.2) is 6.10 Å². The molecule has 0 aliphatic rings. The first kappa shape index (κ1) is 15.8. The fourth-order valence-electron chi connectivity index (χ4n) is 1.21. The van der Waals surface area contributed by atoms with E-state index in [1.165, 1.54) is 0 Å². The summed E-state index contributed by atoms with van der Waals surface area (Å²) >= 11 is 11.7. The molecule has 4 nitrogen and oxygen atoms in total. The van der Waals surface area contributed by atoms with Crippen molar-refractivity contribution in [2.45, 2.75) is 32.8 Å². The molecule has 0 fully saturated rings. The Labute approximate surface area is 122 Å². The quantitative estimate of drug-likeness (QED) is 0.644. The summed E-state index contributed by atoms with van der Waals surface area (Å²) in [5, 5.41) is 4.68. The van der Waals surface area contributed by atoms with Gasteiger partial charge in [-0.3, -0.25) is 4.79 Å². The van der Waals surface area contributed by atoms with Crippen molar-refractivity contribution < 1.29 is 9.53 Å². The van der Waals surface area contributed by atoms with Crippen molar-refractivity contribution in [1.82, 2.24) is 5.43 Å². The van der Waals surface area contributed by atoms with Crippen LogP contribution in [0.5, 0.6) is 5.75 Å². The van der Waals surface area contributed by atoms with Gasteiger partial charge in [-0.1, -0.05) is 36.5 Å². The molecule has 19 heavy (non-hydrogen) atoms. The van der Waals surface area contributed by atoms with E-state index in [1.54, 1.807) is 31.3 Å². The van der Waals surface area contributed by atoms with E-state index < -0.39 is 6.10 Å². The zero-order chi connectivity index (χ0) is 14.3. The van der Waals surface area contributed by atoms with Crippen LogP contribution in [0.3, 0.4) is 0 Å². The van der Waals surface area contributed by atoms with Crippen molar-refractivity contribution in [3.8, 4) is 5.75 Å². The molecule has 1 N–H and O–H groups in total. The number of halogens is 2. The highest BCUT2D eigenvalue weighted by Gasteiger charge is 2.15. The molecule has 1 aromatic carbocycles. The lowest BCUT2D eigenvalue weighted by Crippen LogP contribution is -2.33. The Balaban J connectivity index is 2.54. The summed E-state index contributed by atoms with van der Waals surface area (Å²) in [5.74, 6) is 0.0737. The number of ether oxygens (including phenoxy) is 1. The van der Waals surface area contributed by atoms with Crippen LogP contribution >= 0.6 is 23.2 Å². The third kappa shape index (κ3) is 5.49. The molecule has 1 unspecified atom stereocenters. The minimum Gasteiger partial charge on any atom is -0.479 e. The maximum atomic E-state index is 11.7. The summed E-state index contributed by atoms with van der Waals surface area (Å²) in [6.07, 6.45) is 2.75. The number of nitrogens with one attached hydrogen (secondary N) is 1. The van der Waals surface area contributed by atoms with Gasteiger partial charge in [-0.2, -0.15) is 5.10 Å². The van der Waals surface area contributed by atoms with Crippen molar-refractivity contribution in [2.75, 3.05) is 0 Å². The Morgan fingerprint density at radius 2 is 2.26 bits per heavy atom. The molecule has 0 heterocycles. The highest BCUT2D eigenvalue weighted by atomic mass is 35.5. The van der Waals surface area contributed by atoms with Crippen molar-refractivity contribution in [3.63, 3.8) is 0 Å². The average Bonchev–Trinajstić information content (AvgIpc) is 2.37. The second-order valence-electron chi connectivity index (χ2n) is 3.91. The van der Waals surface area contributed by atoms with Crippen LogP contribution in [0.25, 0.3) is 0 Å². The molecule has 0 saturated carbocycles. The van der Waals surface area contributed by atoms with Crippen molar-refractivity contribution in [2.24, 2.45) is 5.10 Å². The number of carbonyl (C=O) groups excluding carboxylic acids is 1. The van der Waals surface area contributed by atoms with E-state index in [0.29, 0.717) is 15.8 Å². The number of carbonyl (C=O) groups is 1. The number of amides is 1. The Kier molecular flexibility index (Phi) is 6.67. The SMILES string of the molecule is CCC/C=N/NC(=O)C(C)Oc1ccc(Cl)cc1Cl. The fraction of sp³-hybridized carbons (Fsp3) is 0.385. The van der Waals surface area contributed by atoms with Gasteiger partial charge in [0.1, 0.15) is 5.75 Å². The van der Waals surface area contributed by atoms with E-state index in [2.05, 4.69) is 10.5 Å². The van der Waals surface area contributed by atoms with Gasteiger partial charge in [0.25, 0.3) is 5.91 Å². The molecule has 1 rings (SSSR count). The maximum Gasteiger partial charge on any atom is 0.280 e. The Bertz CT molecular complexity index is 464. The van der Waals surface area contributed by atoms with Crippen LogP contribution < -0.4 is 10.2 Å². The van der Waals surface area contributed by atoms with Crippen molar-refractivity contribution in [3.05, 3.63) is 28.2 Å². The number of hydrogen-bond acceptors (Lipinski definition) is 3. The lowest BCUT2D eigenvalue weighted by molar-refractivity contribution is -0.127. The zero-order valence-electron chi connectivity index (χ0n) is 10.8. The largest absolute Gasteiger partial charge is 0.479 e. The van der Waals surface area contributed by atoms with E-state index in [0.717, 1.165) is 12.8 Å². The zero-order valence-corrected chi connectivity index (χ0v) is 12.3. The monoisotopic (exact) mass is 302 g/mol. The van der Waals surface area contributed by atoms with E-state index in [1.807, 2.05) is 6.92 Å². The molecule has 0 spiro atoms. The van der Waals surface area contributed by atoms with Gasteiger partial charge >= 0.3 is 0 Å². The number of rotatable bonds is 6. The second-order valence-corrected chi connectivity index (χ2v) is 4.75. The first-order valence-corrected chi connectivity index (χ1v) is 6.73. The summed E-state index contributed by atoms with van der Waals surface area (Å²) in [7, 11) is 0. The van der Waals surface area contributed by atoms with Crippen LogP contribution in [0.1, 0.15) is 26.7 Å². The van der Waals surface area contributed by atoms with E-state index in [9.17, 15) is 4.79 Å². The van der Waals surface area contributed by atoms with Gasteiger partial charge in [0.2, 0.25) is 0 Å². The van der Waals surface area contributed by atoms with Gasteiger partial charge in [-0.15, -0.1) is 0 Å². The van der Waals surface area contributed by atoms with Crippen LogP contribution in [0.2, 0.25) is 10.0 Å². The maximum absolute atomic E-state index is 11.7. The first-order valence-electron chi connectivity index (χ1n) is 5.97. The Morgan fingerprint density at radius 3 is 2.89 bits per heavy atom. The number of unbranched alkanes of at least 4 members (excludes halogenated alkanes) is 1. The summed E-state index contributed by atoms with van der Waals surface area (Å²) in [5.41, 5.74) is 2.40. The molecule has 6 heteroatoms. The third-order valence-corrected chi connectivity index (χ3v) is 2.78. The smallest absolute Gasteiger partial charge is 0.280 e. The van der Waals surface area contributed by atoms with E-state index in [-0.39, 0.29) is 5.91 Å². The second kappa shape index (κ2) is 8.02. The Hall–Kier alpha value is -1.26. The predicted molar refractivity (Wildman–Crippen MR) is 78.1 cm³/mol. The molecule has 0 aliphatic heterocycles.